The second-order valence-electron chi connectivity index (χ2n) is 12.5. The maximum absolute atomic E-state index is 6.71. The topological polar surface area (TPSA) is 16.4 Å². The van der Waals surface area contributed by atoms with Crippen LogP contribution >= 0.6 is 11.3 Å². The number of anilines is 3. The Morgan fingerprint density at radius 2 is 1.00 bits per heavy atom. The number of rotatable bonds is 5. The first-order valence-corrected chi connectivity index (χ1v) is 17.4. The van der Waals surface area contributed by atoms with Crippen LogP contribution in [0.4, 0.5) is 17.1 Å². The van der Waals surface area contributed by atoms with Crippen molar-refractivity contribution in [2.24, 2.45) is 0 Å². The first-order valence-electron chi connectivity index (χ1n) is 16.6. The second kappa shape index (κ2) is 11.2. The van der Waals surface area contributed by atoms with Crippen molar-refractivity contribution in [1.82, 2.24) is 0 Å². The van der Waals surface area contributed by atoms with E-state index in [0.717, 1.165) is 33.6 Å². The predicted octanol–water partition coefficient (Wildman–Crippen LogP) is 13.9. The Balaban J connectivity index is 1.18. The lowest BCUT2D eigenvalue weighted by molar-refractivity contribution is 0.673. The van der Waals surface area contributed by atoms with Gasteiger partial charge in [-0.15, -0.1) is 11.3 Å². The number of benzene rings is 8. The van der Waals surface area contributed by atoms with Gasteiger partial charge < -0.3 is 9.32 Å². The third-order valence-corrected chi connectivity index (χ3v) is 10.9. The minimum Gasteiger partial charge on any atom is -0.455 e. The summed E-state index contributed by atoms with van der Waals surface area (Å²) in [6.45, 7) is 0. The first-order chi connectivity index (χ1) is 24.3. The summed E-state index contributed by atoms with van der Waals surface area (Å²) in [6, 6.07) is 63.0. The van der Waals surface area contributed by atoms with Gasteiger partial charge in [0, 0.05) is 37.6 Å². The zero-order valence-electron chi connectivity index (χ0n) is 26.5. The fourth-order valence-electron chi connectivity index (χ4n) is 7.34. The van der Waals surface area contributed by atoms with E-state index in [-0.39, 0.29) is 0 Å². The molecule has 0 atom stereocenters. The van der Waals surface area contributed by atoms with Crippen molar-refractivity contribution in [2.45, 2.75) is 0 Å². The van der Waals surface area contributed by atoms with Gasteiger partial charge in [0.05, 0.1) is 10.4 Å². The summed E-state index contributed by atoms with van der Waals surface area (Å²) >= 11 is 1.83. The smallest absolute Gasteiger partial charge is 0.144 e. The molecule has 0 radical (unpaired) electrons. The van der Waals surface area contributed by atoms with Crippen LogP contribution < -0.4 is 4.90 Å². The number of hydrogen-bond acceptors (Lipinski definition) is 3. The van der Waals surface area contributed by atoms with Gasteiger partial charge in [-0.05, 0) is 81.6 Å². The zero-order chi connectivity index (χ0) is 32.3. The fraction of sp³-hybridized carbons (Fsp3) is 0. The molecule has 0 saturated carbocycles. The molecule has 0 spiro atoms. The largest absolute Gasteiger partial charge is 0.455 e. The van der Waals surface area contributed by atoms with Crippen LogP contribution in [0.1, 0.15) is 0 Å². The highest BCUT2D eigenvalue weighted by Gasteiger charge is 2.21. The minimum atomic E-state index is 0.926. The van der Waals surface area contributed by atoms with Crippen molar-refractivity contribution in [1.29, 1.82) is 0 Å². The molecule has 10 rings (SSSR count). The Morgan fingerprint density at radius 1 is 0.408 bits per heavy atom. The number of furan rings is 1. The number of nitrogens with zero attached hydrogens (tertiary/aromatic N) is 1. The Kier molecular flexibility index (Phi) is 6.39. The SMILES string of the molecule is c1ccc(-c2ccc(N(c3ccc(-c4ccccc4)cc3)c3cccc4c3sc3ccc5c(oc6ccc7ccccc7c65)c34)cc2)cc1. The van der Waals surface area contributed by atoms with Gasteiger partial charge >= 0.3 is 0 Å². The maximum atomic E-state index is 6.71. The third-order valence-electron chi connectivity index (χ3n) is 9.67. The molecule has 0 N–H and O–H groups in total. The molecule has 10 aromatic rings. The van der Waals surface area contributed by atoms with Gasteiger partial charge in [-0.3, -0.25) is 0 Å². The Labute approximate surface area is 287 Å². The van der Waals surface area contributed by atoms with Crippen LogP contribution in [0.3, 0.4) is 0 Å². The van der Waals surface area contributed by atoms with Crippen LogP contribution in [0.5, 0.6) is 0 Å². The summed E-state index contributed by atoms with van der Waals surface area (Å²) in [5.41, 5.74) is 10.1. The molecule has 0 bridgehead atoms. The summed E-state index contributed by atoms with van der Waals surface area (Å²) in [7, 11) is 0. The molecular formula is C46H29NOS. The number of thiophene rings is 1. The van der Waals surface area contributed by atoms with E-state index in [1.54, 1.807) is 0 Å². The minimum absolute atomic E-state index is 0.926. The van der Waals surface area contributed by atoms with E-state index >= 15 is 0 Å². The van der Waals surface area contributed by atoms with Crippen molar-refractivity contribution >= 4 is 81.3 Å². The van der Waals surface area contributed by atoms with Gasteiger partial charge in [-0.25, -0.2) is 0 Å². The third kappa shape index (κ3) is 4.55. The van der Waals surface area contributed by atoms with Crippen LogP contribution in [-0.2, 0) is 0 Å². The van der Waals surface area contributed by atoms with E-state index < -0.39 is 0 Å². The highest BCUT2D eigenvalue weighted by atomic mass is 32.1. The summed E-state index contributed by atoms with van der Waals surface area (Å²) in [6.07, 6.45) is 0. The molecule has 0 amide bonds. The fourth-order valence-corrected chi connectivity index (χ4v) is 8.55. The Hall–Kier alpha value is -6.16. The van der Waals surface area contributed by atoms with Crippen LogP contribution in [0.25, 0.3) is 75.1 Å². The molecule has 0 fully saturated rings. The lowest BCUT2D eigenvalue weighted by atomic mass is 10.0. The summed E-state index contributed by atoms with van der Waals surface area (Å²) in [5.74, 6) is 0. The van der Waals surface area contributed by atoms with Gasteiger partial charge in [0.1, 0.15) is 11.2 Å². The Morgan fingerprint density at radius 3 is 1.67 bits per heavy atom. The van der Waals surface area contributed by atoms with E-state index in [1.165, 1.54) is 58.6 Å². The van der Waals surface area contributed by atoms with E-state index in [9.17, 15) is 0 Å². The van der Waals surface area contributed by atoms with Gasteiger partial charge in [-0.1, -0.05) is 127 Å². The van der Waals surface area contributed by atoms with Crippen molar-refractivity contribution in [2.75, 3.05) is 4.90 Å². The molecule has 230 valence electrons. The summed E-state index contributed by atoms with van der Waals surface area (Å²) in [4.78, 5) is 2.39. The van der Waals surface area contributed by atoms with Crippen LogP contribution in [-0.4, -0.2) is 0 Å². The monoisotopic (exact) mass is 643 g/mol. The molecule has 0 saturated heterocycles. The van der Waals surface area contributed by atoms with Crippen molar-refractivity contribution in [3.8, 4) is 22.3 Å². The lowest BCUT2D eigenvalue weighted by Gasteiger charge is -2.26. The highest BCUT2D eigenvalue weighted by Crippen LogP contribution is 2.48. The van der Waals surface area contributed by atoms with Gasteiger partial charge in [0.2, 0.25) is 0 Å². The average molecular weight is 644 g/mol. The standard InChI is InChI=1S/C46H29NOS/c1-3-10-30(11-4-1)32-18-23-35(24-19-32)47(36-25-20-33(21-26-36)31-12-5-2-6-13-31)40-17-9-16-39-44-42(49-46(39)40)29-27-38-43-37-15-8-7-14-34(37)22-28-41(43)48-45(38)44/h1-29H. The molecule has 0 aliphatic heterocycles. The quantitative estimate of drug-likeness (QED) is 0.186. The average Bonchev–Trinajstić information content (AvgIpc) is 3.75. The van der Waals surface area contributed by atoms with E-state index in [2.05, 4.69) is 181 Å². The van der Waals surface area contributed by atoms with Crippen LogP contribution in [0.15, 0.2) is 180 Å². The molecule has 49 heavy (non-hydrogen) atoms. The van der Waals surface area contributed by atoms with Gasteiger partial charge in [0.15, 0.2) is 0 Å². The molecule has 0 aliphatic carbocycles. The van der Waals surface area contributed by atoms with Crippen LogP contribution in [0, 0.1) is 0 Å². The van der Waals surface area contributed by atoms with Gasteiger partial charge in [0.25, 0.3) is 0 Å². The second-order valence-corrected chi connectivity index (χ2v) is 13.5. The van der Waals surface area contributed by atoms with Crippen molar-refractivity contribution in [3.63, 3.8) is 0 Å². The molecule has 0 aliphatic rings. The highest BCUT2D eigenvalue weighted by molar-refractivity contribution is 7.26. The predicted molar refractivity (Wildman–Crippen MR) is 210 cm³/mol. The first kappa shape index (κ1) is 27.9. The molecule has 2 aromatic heterocycles. The van der Waals surface area contributed by atoms with E-state index in [4.69, 9.17) is 4.42 Å². The normalized spacial score (nSPS) is 11.7. The van der Waals surface area contributed by atoms with Crippen molar-refractivity contribution in [3.05, 3.63) is 176 Å². The summed E-state index contributed by atoms with van der Waals surface area (Å²) < 4.78 is 9.16. The van der Waals surface area contributed by atoms with Crippen molar-refractivity contribution < 1.29 is 4.42 Å². The number of fused-ring (bicyclic) bond motifs is 9. The number of hydrogen-bond donors (Lipinski definition) is 0. The van der Waals surface area contributed by atoms with Gasteiger partial charge in [-0.2, -0.15) is 0 Å². The summed E-state index contributed by atoms with van der Waals surface area (Å²) in [5, 5.41) is 7.18. The lowest BCUT2D eigenvalue weighted by Crippen LogP contribution is -2.10. The molecule has 2 heterocycles. The maximum Gasteiger partial charge on any atom is 0.144 e. The molecule has 8 aromatic carbocycles. The molecule has 3 heteroatoms. The zero-order valence-corrected chi connectivity index (χ0v) is 27.3. The molecule has 2 nitrogen and oxygen atoms in total. The molecule has 0 unspecified atom stereocenters. The van der Waals surface area contributed by atoms with E-state index in [0.29, 0.717) is 0 Å². The van der Waals surface area contributed by atoms with Crippen LogP contribution in [0.2, 0.25) is 0 Å². The Bertz CT molecular complexity index is 2710. The van der Waals surface area contributed by atoms with E-state index in [1.807, 2.05) is 11.3 Å². The molecular weight excluding hydrogens is 615 g/mol.